The molecule has 5 aromatic rings. The molecule has 0 radical (unpaired) electrons. The molecule has 1 unspecified atom stereocenters. The summed E-state index contributed by atoms with van der Waals surface area (Å²) >= 11 is 1.83. The van der Waals surface area contributed by atoms with E-state index >= 15 is 0 Å². The maximum atomic E-state index is 8.98. The fraction of sp³-hybridized carbons (Fsp3) is 0.115. The van der Waals surface area contributed by atoms with Gasteiger partial charge in [-0.1, -0.05) is 55.0 Å². The van der Waals surface area contributed by atoms with Gasteiger partial charge in [-0.15, -0.1) is 11.3 Å². The van der Waals surface area contributed by atoms with E-state index in [0.29, 0.717) is 0 Å². The van der Waals surface area contributed by atoms with Crippen molar-refractivity contribution in [2.75, 3.05) is 0 Å². The molecule has 0 aliphatic carbocycles. The average Bonchev–Trinajstić information content (AvgIpc) is 3.11. The van der Waals surface area contributed by atoms with Gasteiger partial charge >= 0.3 is 0 Å². The van der Waals surface area contributed by atoms with Gasteiger partial charge in [0.1, 0.15) is 0 Å². The molecule has 0 aliphatic rings. The number of nitrogens with zero attached hydrogens (tertiary/aromatic N) is 1. The van der Waals surface area contributed by atoms with Crippen LogP contribution in [0.1, 0.15) is 30.9 Å². The minimum atomic E-state index is -0.824. The number of hydrogen-bond donors (Lipinski definition) is 0. The van der Waals surface area contributed by atoms with Gasteiger partial charge in [0.15, 0.2) is 0 Å². The average molecular weight is 381 g/mol. The predicted molar refractivity (Wildman–Crippen MR) is 121 cm³/mol. The van der Waals surface area contributed by atoms with Crippen LogP contribution in [0.4, 0.5) is 0 Å². The van der Waals surface area contributed by atoms with Crippen LogP contribution in [0.15, 0.2) is 85.1 Å². The quantitative estimate of drug-likeness (QED) is 0.314. The van der Waals surface area contributed by atoms with E-state index in [1.807, 2.05) is 60.9 Å². The molecule has 2 aromatic heterocycles. The van der Waals surface area contributed by atoms with Gasteiger partial charge in [0.05, 0.1) is 5.69 Å². The maximum Gasteiger partial charge on any atom is 0.0705 e. The molecule has 0 spiro atoms. The normalized spacial score (nSPS) is 14.1. The van der Waals surface area contributed by atoms with Crippen molar-refractivity contribution in [3.63, 3.8) is 0 Å². The highest BCUT2D eigenvalue weighted by molar-refractivity contribution is 7.25. The molecule has 5 rings (SSSR count). The second-order valence-corrected chi connectivity index (χ2v) is 8.32. The van der Waals surface area contributed by atoms with E-state index in [-0.39, 0.29) is 0 Å². The van der Waals surface area contributed by atoms with Crippen LogP contribution in [-0.2, 0) is 0 Å². The first-order valence-electron chi connectivity index (χ1n) is 9.98. The molecular formula is C26H21NS. The summed E-state index contributed by atoms with van der Waals surface area (Å²) in [5, 5.41) is 2.58. The van der Waals surface area contributed by atoms with Crippen LogP contribution in [0.25, 0.3) is 31.4 Å². The largest absolute Gasteiger partial charge is 0.256 e. The molecule has 136 valence electrons. The van der Waals surface area contributed by atoms with Gasteiger partial charge in [0, 0.05) is 39.2 Å². The van der Waals surface area contributed by atoms with Crippen LogP contribution in [0.5, 0.6) is 0 Å². The summed E-state index contributed by atoms with van der Waals surface area (Å²) in [4.78, 5) is 4.63. The monoisotopic (exact) mass is 380 g/mol. The maximum absolute atomic E-state index is 8.98. The van der Waals surface area contributed by atoms with E-state index in [1.54, 1.807) is 0 Å². The molecule has 1 atom stereocenters. The van der Waals surface area contributed by atoms with E-state index in [0.717, 1.165) is 22.4 Å². The number of aromatic nitrogens is 1. The van der Waals surface area contributed by atoms with Crippen LogP contribution in [-0.4, -0.2) is 4.98 Å². The molecule has 1 nitrogen and oxygen atoms in total. The third-order valence-electron chi connectivity index (χ3n) is 5.32. The molecule has 0 amide bonds. The van der Waals surface area contributed by atoms with Gasteiger partial charge in [-0.2, -0.15) is 0 Å². The molecule has 0 aliphatic heterocycles. The van der Waals surface area contributed by atoms with E-state index in [4.69, 9.17) is 1.37 Å². The Balaban J connectivity index is 1.63. The Kier molecular flexibility index (Phi) is 3.94. The Morgan fingerprint density at radius 2 is 1.57 bits per heavy atom. The van der Waals surface area contributed by atoms with Gasteiger partial charge in [-0.3, -0.25) is 4.98 Å². The van der Waals surface area contributed by atoms with Crippen molar-refractivity contribution < 1.29 is 1.37 Å². The molecule has 2 heteroatoms. The van der Waals surface area contributed by atoms with Crippen molar-refractivity contribution in [2.24, 2.45) is 0 Å². The summed E-state index contributed by atoms with van der Waals surface area (Å²) < 4.78 is 11.6. The van der Waals surface area contributed by atoms with Crippen molar-refractivity contribution in [1.82, 2.24) is 4.98 Å². The van der Waals surface area contributed by atoms with Crippen LogP contribution in [0.3, 0.4) is 0 Å². The number of thiophene rings is 1. The molecule has 0 saturated heterocycles. The number of rotatable bonds is 3. The van der Waals surface area contributed by atoms with Crippen molar-refractivity contribution >= 4 is 31.5 Å². The summed E-state index contributed by atoms with van der Waals surface area (Å²) in [6.07, 6.45) is 1.82. The highest BCUT2D eigenvalue weighted by Crippen LogP contribution is 2.37. The lowest BCUT2D eigenvalue weighted by atomic mass is 9.92. The van der Waals surface area contributed by atoms with Crippen molar-refractivity contribution in [1.29, 1.82) is 0 Å². The van der Waals surface area contributed by atoms with Crippen LogP contribution in [0, 0.1) is 6.92 Å². The van der Waals surface area contributed by atoms with Gasteiger partial charge in [0.2, 0.25) is 0 Å². The second kappa shape index (κ2) is 6.88. The number of aryl methyl sites for hydroxylation is 1. The smallest absolute Gasteiger partial charge is 0.0705 e. The molecule has 0 bridgehead atoms. The summed E-state index contributed by atoms with van der Waals surface area (Å²) in [7, 11) is 0. The fourth-order valence-corrected chi connectivity index (χ4v) is 4.79. The van der Waals surface area contributed by atoms with E-state index < -0.39 is 5.89 Å². The minimum Gasteiger partial charge on any atom is -0.256 e. The minimum absolute atomic E-state index is 0.824. The zero-order chi connectivity index (χ0) is 20.0. The zero-order valence-electron chi connectivity index (χ0n) is 16.9. The first kappa shape index (κ1) is 16.0. The number of hydrogen-bond acceptors (Lipinski definition) is 2. The summed E-state index contributed by atoms with van der Waals surface area (Å²) in [5.74, 6) is -0.824. The highest BCUT2D eigenvalue weighted by Gasteiger charge is 2.11. The third-order valence-corrected chi connectivity index (χ3v) is 6.47. The van der Waals surface area contributed by atoms with E-state index in [1.165, 1.54) is 25.7 Å². The topological polar surface area (TPSA) is 12.9 Å². The van der Waals surface area contributed by atoms with E-state index in [2.05, 4.69) is 54.4 Å². The third kappa shape index (κ3) is 3.00. The van der Waals surface area contributed by atoms with Gasteiger partial charge in [0.25, 0.3) is 0 Å². The van der Waals surface area contributed by atoms with Crippen molar-refractivity contribution in [3.05, 3.63) is 102 Å². The lowest BCUT2D eigenvalue weighted by Gasteiger charge is -2.13. The molecular weight excluding hydrogens is 358 g/mol. The summed E-state index contributed by atoms with van der Waals surface area (Å²) in [6.45, 7) is 4.08. The molecule has 28 heavy (non-hydrogen) atoms. The lowest BCUT2D eigenvalue weighted by molar-refractivity contribution is 0.918. The van der Waals surface area contributed by atoms with Gasteiger partial charge in [-0.25, -0.2) is 0 Å². The zero-order valence-corrected chi connectivity index (χ0v) is 16.8. The number of benzene rings is 3. The van der Waals surface area contributed by atoms with E-state index in [9.17, 15) is 0 Å². The number of pyridine rings is 1. The molecule has 2 heterocycles. The fourth-order valence-electron chi connectivity index (χ4n) is 3.73. The first-order chi connectivity index (χ1) is 14.0. The summed E-state index contributed by atoms with van der Waals surface area (Å²) in [6, 6.07) is 27.2. The molecule has 0 saturated carbocycles. The Labute approximate surface area is 170 Å². The Morgan fingerprint density at radius 1 is 0.821 bits per heavy atom. The Bertz CT molecular complexity index is 1340. The van der Waals surface area contributed by atoms with Gasteiger partial charge < -0.3 is 0 Å². The van der Waals surface area contributed by atoms with Crippen LogP contribution >= 0.6 is 11.3 Å². The van der Waals surface area contributed by atoms with Crippen LogP contribution in [0.2, 0.25) is 0 Å². The molecule has 0 fully saturated rings. The predicted octanol–water partition coefficient (Wildman–Crippen LogP) is 7.58. The second-order valence-electron chi connectivity index (χ2n) is 7.23. The van der Waals surface area contributed by atoms with Crippen molar-refractivity contribution in [2.45, 2.75) is 19.7 Å². The standard InChI is InChI=1S/C26H21NS/c1-17-8-10-25-22(14-17)23-15-21(9-11-26(23)28-25)24-16-20(12-13-27-24)18(2)19-6-4-3-5-7-19/h3-16,18H,1-2H3/i18D. The Hall–Kier alpha value is -2.97. The van der Waals surface area contributed by atoms with Gasteiger partial charge in [-0.05, 0) is 54.4 Å². The first-order valence-corrected chi connectivity index (χ1v) is 10.3. The summed E-state index contributed by atoms with van der Waals surface area (Å²) in [5.41, 5.74) is 5.19. The lowest BCUT2D eigenvalue weighted by Crippen LogP contribution is -1.97. The van der Waals surface area contributed by atoms with Crippen molar-refractivity contribution in [3.8, 4) is 11.3 Å². The highest BCUT2D eigenvalue weighted by atomic mass is 32.1. The SMILES string of the molecule is [2H]C(C)(c1ccccc1)c1ccnc(-c2ccc3sc4ccc(C)cc4c3c2)c1. The Morgan fingerprint density at radius 3 is 2.39 bits per heavy atom. The molecule has 0 N–H and O–H groups in total. The number of fused-ring (bicyclic) bond motifs is 3. The molecule has 3 aromatic carbocycles. The van der Waals surface area contributed by atoms with Crippen LogP contribution < -0.4 is 0 Å².